The van der Waals surface area contributed by atoms with E-state index in [1.807, 2.05) is 0 Å². The average molecular weight is 255 g/mol. The summed E-state index contributed by atoms with van der Waals surface area (Å²) in [7, 11) is 0. The van der Waals surface area contributed by atoms with Gasteiger partial charge >= 0.3 is 0 Å². The molecule has 0 amide bonds. The topological polar surface area (TPSA) is 20.3 Å². The van der Waals surface area contributed by atoms with Gasteiger partial charge in [-0.2, -0.15) is 0 Å². The van der Waals surface area contributed by atoms with E-state index in [0.717, 1.165) is 25.9 Å². The number of alkyl halides is 1. The van der Waals surface area contributed by atoms with E-state index in [1.165, 1.54) is 0 Å². The van der Waals surface area contributed by atoms with E-state index in [2.05, 4.69) is 41.3 Å². The van der Waals surface area contributed by atoms with Gasteiger partial charge in [-0.25, -0.2) is 0 Å². The Morgan fingerprint density at radius 3 is 2.30 bits per heavy atom. The van der Waals surface area contributed by atoms with Crippen LogP contribution in [-0.2, 0) is 4.79 Å². The molecule has 60 valence electrons. The van der Waals surface area contributed by atoms with Gasteiger partial charge in [0, 0.05) is 6.54 Å². The zero-order valence-electron chi connectivity index (χ0n) is 6.51. The number of halogens is 1. The van der Waals surface area contributed by atoms with Gasteiger partial charge in [0.1, 0.15) is 6.29 Å². The van der Waals surface area contributed by atoms with Crippen LogP contribution in [0.2, 0.25) is 0 Å². The van der Waals surface area contributed by atoms with Crippen LogP contribution < -0.4 is 0 Å². The molecule has 0 aliphatic carbocycles. The van der Waals surface area contributed by atoms with E-state index in [9.17, 15) is 4.79 Å². The molecule has 0 rings (SSSR count). The lowest BCUT2D eigenvalue weighted by atomic mass is 10.4. The first-order valence-corrected chi connectivity index (χ1v) is 4.80. The highest BCUT2D eigenvalue weighted by atomic mass is 127. The molecule has 0 radical (unpaired) electrons. The fourth-order valence-corrected chi connectivity index (χ4v) is 1.33. The van der Waals surface area contributed by atoms with E-state index < -0.39 is 0 Å². The Morgan fingerprint density at radius 1 is 1.50 bits per heavy atom. The van der Waals surface area contributed by atoms with E-state index in [-0.39, 0.29) is 3.92 Å². The van der Waals surface area contributed by atoms with Gasteiger partial charge in [0.05, 0.1) is 3.92 Å². The molecule has 0 aromatic carbocycles. The Labute approximate surface area is 76.1 Å². The SMILES string of the molecule is CCN(CC)CC(I)C=O. The molecule has 0 aliphatic heterocycles. The Morgan fingerprint density at radius 2 is 2.00 bits per heavy atom. The van der Waals surface area contributed by atoms with Crippen LogP contribution in [-0.4, -0.2) is 34.7 Å². The predicted octanol–water partition coefficient (Wildman–Crippen LogP) is 1.33. The van der Waals surface area contributed by atoms with Gasteiger partial charge in [0.2, 0.25) is 0 Å². The number of rotatable bonds is 5. The summed E-state index contributed by atoms with van der Waals surface area (Å²) in [6, 6.07) is 0. The van der Waals surface area contributed by atoms with Gasteiger partial charge < -0.3 is 9.69 Å². The second-order valence-electron chi connectivity index (χ2n) is 2.14. The van der Waals surface area contributed by atoms with Crippen LogP contribution in [0.25, 0.3) is 0 Å². The fraction of sp³-hybridized carbons (Fsp3) is 0.857. The summed E-state index contributed by atoms with van der Waals surface area (Å²) in [5, 5.41) is 0. The molecule has 0 N–H and O–H groups in total. The quantitative estimate of drug-likeness (QED) is 0.419. The van der Waals surface area contributed by atoms with Crippen LogP contribution in [0.1, 0.15) is 13.8 Å². The predicted molar refractivity (Wildman–Crippen MR) is 51.7 cm³/mol. The van der Waals surface area contributed by atoms with Crippen molar-refractivity contribution >= 4 is 28.9 Å². The van der Waals surface area contributed by atoms with Crippen molar-refractivity contribution in [3.05, 3.63) is 0 Å². The summed E-state index contributed by atoms with van der Waals surface area (Å²) in [5.74, 6) is 0. The Kier molecular flexibility index (Phi) is 6.31. The molecule has 0 aromatic heterocycles. The van der Waals surface area contributed by atoms with Gasteiger partial charge in [0.25, 0.3) is 0 Å². The molecule has 0 aliphatic rings. The maximum absolute atomic E-state index is 10.2. The zero-order valence-corrected chi connectivity index (χ0v) is 8.67. The van der Waals surface area contributed by atoms with Crippen molar-refractivity contribution in [3.63, 3.8) is 0 Å². The van der Waals surface area contributed by atoms with Gasteiger partial charge in [-0.1, -0.05) is 36.4 Å². The van der Waals surface area contributed by atoms with Gasteiger partial charge in [-0.15, -0.1) is 0 Å². The van der Waals surface area contributed by atoms with E-state index in [1.54, 1.807) is 0 Å². The van der Waals surface area contributed by atoms with E-state index in [4.69, 9.17) is 0 Å². The van der Waals surface area contributed by atoms with Gasteiger partial charge in [-0.05, 0) is 13.1 Å². The Balaban J connectivity index is 3.51. The molecular weight excluding hydrogens is 241 g/mol. The number of aldehydes is 1. The first-order chi connectivity index (χ1) is 4.74. The van der Waals surface area contributed by atoms with Crippen molar-refractivity contribution in [2.24, 2.45) is 0 Å². The lowest BCUT2D eigenvalue weighted by Gasteiger charge is -2.18. The fourth-order valence-electron chi connectivity index (χ4n) is 0.772. The Bertz CT molecular complexity index is 93.6. The maximum atomic E-state index is 10.2. The van der Waals surface area contributed by atoms with Crippen LogP contribution >= 0.6 is 22.6 Å². The molecule has 10 heavy (non-hydrogen) atoms. The van der Waals surface area contributed by atoms with Crippen LogP contribution in [0, 0.1) is 0 Å². The summed E-state index contributed by atoms with van der Waals surface area (Å²) in [5.41, 5.74) is 0. The normalized spacial score (nSPS) is 13.6. The second-order valence-corrected chi connectivity index (χ2v) is 3.74. The lowest BCUT2D eigenvalue weighted by molar-refractivity contribution is -0.107. The molecule has 0 saturated heterocycles. The molecule has 3 heteroatoms. The monoisotopic (exact) mass is 255 g/mol. The largest absolute Gasteiger partial charge is 0.302 e. The van der Waals surface area contributed by atoms with Crippen LogP contribution in [0.4, 0.5) is 0 Å². The summed E-state index contributed by atoms with van der Waals surface area (Å²) in [4.78, 5) is 12.5. The summed E-state index contributed by atoms with van der Waals surface area (Å²) >= 11 is 2.16. The molecule has 1 unspecified atom stereocenters. The average Bonchev–Trinajstić information content (AvgIpc) is 1.99. The standard InChI is InChI=1S/C7H14INO/c1-3-9(4-2)5-7(8)6-10/h6-7H,3-5H2,1-2H3. The summed E-state index contributed by atoms with van der Waals surface area (Å²) in [6.07, 6.45) is 0.999. The molecule has 1 atom stereocenters. The first-order valence-electron chi connectivity index (χ1n) is 3.56. The summed E-state index contributed by atoms with van der Waals surface area (Å²) in [6.45, 7) is 7.17. The van der Waals surface area contributed by atoms with Crippen LogP contribution in [0.3, 0.4) is 0 Å². The van der Waals surface area contributed by atoms with Crippen LogP contribution in [0.15, 0.2) is 0 Å². The van der Waals surface area contributed by atoms with Crippen molar-refractivity contribution in [1.29, 1.82) is 0 Å². The molecular formula is C7H14INO. The minimum Gasteiger partial charge on any atom is -0.302 e. The third-order valence-corrected chi connectivity index (χ3v) is 2.16. The molecule has 0 fully saturated rings. The highest BCUT2D eigenvalue weighted by Crippen LogP contribution is 1.99. The number of nitrogens with zero attached hydrogens (tertiary/aromatic N) is 1. The zero-order chi connectivity index (χ0) is 7.98. The van der Waals surface area contributed by atoms with Crippen molar-refractivity contribution in [1.82, 2.24) is 4.90 Å². The number of hydrogen-bond donors (Lipinski definition) is 0. The number of carbonyl (C=O) groups excluding carboxylic acids is 1. The molecule has 0 bridgehead atoms. The molecule has 0 aromatic rings. The lowest BCUT2D eigenvalue weighted by Crippen LogP contribution is -2.29. The molecule has 2 nitrogen and oxygen atoms in total. The maximum Gasteiger partial charge on any atom is 0.134 e. The van der Waals surface area contributed by atoms with Crippen molar-refractivity contribution < 1.29 is 4.79 Å². The highest BCUT2D eigenvalue weighted by molar-refractivity contribution is 14.1. The van der Waals surface area contributed by atoms with Crippen LogP contribution in [0.5, 0.6) is 0 Å². The van der Waals surface area contributed by atoms with Crippen molar-refractivity contribution in [3.8, 4) is 0 Å². The minimum absolute atomic E-state index is 0.150. The number of hydrogen-bond acceptors (Lipinski definition) is 2. The van der Waals surface area contributed by atoms with Crippen molar-refractivity contribution in [2.45, 2.75) is 17.8 Å². The van der Waals surface area contributed by atoms with Gasteiger partial charge in [-0.3, -0.25) is 0 Å². The first kappa shape index (κ1) is 10.4. The number of carbonyl (C=O) groups is 1. The minimum atomic E-state index is 0.150. The molecule has 0 saturated carbocycles. The van der Waals surface area contributed by atoms with Gasteiger partial charge in [0.15, 0.2) is 0 Å². The van der Waals surface area contributed by atoms with E-state index >= 15 is 0 Å². The van der Waals surface area contributed by atoms with E-state index in [0.29, 0.717) is 0 Å². The third kappa shape index (κ3) is 4.22. The van der Waals surface area contributed by atoms with Crippen molar-refractivity contribution in [2.75, 3.05) is 19.6 Å². The molecule has 0 spiro atoms. The summed E-state index contributed by atoms with van der Waals surface area (Å²) < 4.78 is 0.150. The highest BCUT2D eigenvalue weighted by Gasteiger charge is 2.05. The smallest absolute Gasteiger partial charge is 0.134 e. The molecule has 0 heterocycles. The third-order valence-electron chi connectivity index (χ3n) is 1.47. The Hall–Kier alpha value is 0.360. The second kappa shape index (κ2) is 6.09.